The highest BCUT2D eigenvalue weighted by Gasteiger charge is 2.30. The van der Waals surface area contributed by atoms with Crippen LogP contribution in [-0.2, 0) is 7.05 Å². The van der Waals surface area contributed by atoms with E-state index in [1.54, 1.807) is 0 Å². The number of fused-ring (bicyclic) bond motifs is 1. The molecule has 2 heterocycles. The fourth-order valence-corrected chi connectivity index (χ4v) is 3.19. The normalized spacial score (nSPS) is 20.9. The summed E-state index contributed by atoms with van der Waals surface area (Å²) in [4.78, 5) is 4.21. The van der Waals surface area contributed by atoms with Crippen LogP contribution in [-0.4, -0.2) is 16.1 Å². The number of imidazole rings is 1. The maximum atomic E-state index is 6.20. The molecule has 0 fully saturated rings. The van der Waals surface area contributed by atoms with Crippen LogP contribution in [0.4, 0.5) is 0 Å². The van der Waals surface area contributed by atoms with Crippen molar-refractivity contribution >= 4 is 15.9 Å². The molecule has 1 aliphatic rings. The van der Waals surface area contributed by atoms with Crippen LogP contribution in [0.25, 0.3) is 0 Å². The summed E-state index contributed by atoms with van der Waals surface area (Å²) in [7, 11) is 2.01. The monoisotopic (exact) mass is 349 g/mol. The third-order valence-corrected chi connectivity index (χ3v) is 4.38. The Labute approximate surface area is 133 Å². The topological polar surface area (TPSA) is 39.1 Å². The van der Waals surface area contributed by atoms with Crippen molar-refractivity contribution in [3.63, 3.8) is 0 Å². The van der Waals surface area contributed by atoms with Gasteiger partial charge < -0.3 is 14.6 Å². The molecule has 4 nitrogen and oxygen atoms in total. The SMILES string of the molecule is CCCNC1CC(c2cncn2C)Oc2ccc(Br)cc21. The van der Waals surface area contributed by atoms with Gasteiger partial charge in [0.15, 0.2) is 0 Å². The van der Waals surface area contributed by atoms with E-state index in [0.717, 1.165) is 35.3 Å². The van der Waals surface area contributed by atoms with Gasteiger partial charge in [0.05, 0.1) is 18.2 Å². The number of aromatic nitrogens is 2. The van der Waals surface area contributed by atoms with Gasteiger partial charge in [-0.15, -0.1) is 0 Å². The molecule has 0 aliphatic carbocycles. The first kappa shape index (κ1) is 14.6. The Hall–Kier alpha value is -1.33. The van der Waals surface area contributed by atoms with E-state index in [9.17, 15) is 0 Å². The van der Waals surface area contributed by atoms with E-state index in [-0.39, 0.29) is 6.10 Å². The van der Waals surface area contributed by atoms with Crippen LogP contribution in [0.5, 0.6) is 5.75 Å². The van der Waals surface area contributed by atoms with Crippen molar-refractivity contribution in [2.75, 3.05) is 6.54 Å². The number of benzene rings is 1. The number of nitrogens with one attached hydrogen (secondary N) is 1. The maximum Gasteiger partial charge on any atom is 0.142 e. The Kier molecular flexibility index (Phi) is 4.31. The molecule has 21 heavy (non-hydrogen) atoms. The Balaban J connectivity index is 1.92. The fourth-order valence-electron chi connectivity index (χ4n) is 2.81. The summed E-state index contributed by atoms with van der Waals surface area (Å²) in [5.74, 6) is 0.962. The van der Waals surface area contributed by atoms with Crippen LogP contribution in [0.1, 0.15) is 43.2 Å². The van der Waals surface area contributed by atoms with Gasteiger partial charge in [-0.25, -0.2) is 4.98 Å². The highest BCUT2D eigenvalue weighted by Crippen LogP contribution is 2.41. The number of aryl methyl sites for hydroxylation is 1. The Morgan fingerprint density at radius 2 is 2.33 bits per heavy atom. The standard InChI is InChI=1S/C16H20BrN3O/c1-3-6-19-13-8-16(14-9-18-10-20(14)2)21-15-5-4-11(17)7-12(13)15/h4-5,7,9-10,13,16,19H,3,6,8H2,1-2H3. The van der Waals surface area contributed by atoms with Crippen molar-refractivity contribution < 1.29 is 4.74 Å². The summed E-state index contributed by atoms with van der Waals surface area (Å²) < 4.78 is 9.32. The molecule has 0 saturated carbocycles. The van der Waals surface area contributed by atoms with E-state index in [1.807, 2.05) is 36.3 Å². The average molecular weight is 350 g/mol. The molecule has 0 radical (unpaired) electrons. The highest BCUT2D eigenvalue weighted by atomic mass is 79.9. The molecule has 112 valence electrons. The predicted octanol–water partition coefficient (Wildman–Crippen LogP) is 3.75. The quantitative estimate of drug-likeness (QED) is 0.913. The van der Waals surface area contributed by atoms with Gasteiger partial charge in [-0.1, -0.05) is 22.9 Å². The van der Waals surface area contributed by atoms with Gasteiger partial charge in [0.1, 0.15) is 11.9 Å². The fraction of sp³-hybridized carbons (Fsp3) is 0.438. The third-order valence-electron chi connectivity index (χ3n) is 3.89. The van der Waals surface area contributed by atoms with Gasteiger partial charge >= 0.3 is 0 Å². The summed E-state index contributed by atoms with van der Waals surface area (Å²) in [5, 5.41) is 3.64. The molecule has 0 amide bonds. The third kappa shape index (κ3) is 2.99. The summed E-state index contributed by atoms with van der Waals surface area (Å²) in [6.07, 6.45) is 5.80. The number of hydrogen-bond donors (Lipinski definition) is 1. The zero-order chi connectivity index (χ0) is 14.8. The van der Waals surface area contributed by atoms with Crippen molar-refractivity contribution in [3.8, 4) is 5.75 Å². The van der Waals surface area contributed by atoms with Crippen LogP contribution in [0.3, 0.4) is 0 Å². The van der Waals surface area contributed by atoms with Crippen molar-refractivity contribution in [1.82, 2.24) is 14.9 Å². The van der Waals surface area contributed by atoms with Crippen LogP contribution < -0.4 is 10.1 Å². The van der Waals surface area contributed by atoms with Gasteiger partial charge in [0.25, 0.3) is 0 Å². The Bertz CT molecular complexity index is 626. The Morgan fingerprint density at radius 3 is 3.05 bits per heavy atom. The number of halogens is 1. The first-order chi connectivity index (χ1) is 10.2. The molecule has 5 heteroatoms. The van der Waals surface area contributed by atoms with Gasteiger partial charge in [-0.3, -0.25) is 0 Å². The lowest BCUT2D eigenvalue weighted by Gasteiger charge is -2.33. The first-order valence-electron chi connectivity index (χ1n) is 7.34. The van der Waals surface area contributed by atoms with Crippen LogP contribution in [0.2, 0.25) is 0 Å². The molecule has 1 N–H and O–H groups in total. The molecule has 0 spiro atoms. The van der Waals surface area contributed by atoms with Crippen LogP contribution >= 0.6 is 15.9 Å². The van der Waals surface area contributed by atoms with E-state index in [4.69, 9.17) is 4.74 Å². The molecular formula is C16H20BrN3O. The van der Waals surface area contributed by atoms with Crippen molar-refractivity contribution in [2.45, 2.75) is 31.9 Å². The summed E-state index contributed by atoms with van der Waals surface area (Å²) in [6, 6.07) is 6.54. The molecule has 2 unspecified atom stereocenters. The molecule has 2 atom stereocenters. The molecule has 1 aliphatic heterocycles. The van der Waals surface area contributed by atoms with E-state index >= 15 is 0 Å². The molecule has 1 aromatic heterocycles. The molecule has 1 aromatic carbocycles. The summed E-state index contributed by atoms with van der Waals surface area (Å²) in [5.41, 5.74) is 2.35. The lowest BCUT2D eigenvalue weighted by Crippen LogP contribution is -2.30. The van der Waals surface area contributed by atoms with E-state index in [1.165, 1.54) is 5.56 Å². The minimum absolute atomic E-state index is 0.0422. The number of rotatable bonds is 4. The zero-order valence-corrected chi connectivity index (χ0v) is 13.9. The van der Waals surface area contributed by atoms with Gasteiger partial charge in [-0.05, 0) is 31.2 Å². The van der Waals surface area contributed by atoms with Crippen molar-refractivity contribution in [3.05, 3.63) is 46.5 Å². The summed E-state index contributed by atoms with van der Waals surface area (Å²) in [6.45, 7) is 3.20. The van der Waals surface area contributed by atoms with Crippen LogP contribution in [0, 0.1) is 0 Å². The number of ether oxygens (including phenoxy) is 1. The molecule has 3 rings (SSSR count). The second kappa shape index (κ2) is 6.20. The number of nitrogens with zero attached hydrogens (tertiary/aromatic N) is 2. The van der Waals surface area contributed by atoms with E-state index < -0.39 is 0 Å². The van der Waals surface area contributed by atoms with Crippen LogP contribution in [0.15, 0.2) is 35.2 Å². The molecule has 0 bridgehead atoms. The second-order valence-corrected chi connectivity index (χ2v) is 6.38. The summed E-state index contributed by atoms with van der Waals surface area (Å²) >= 11 is 3.55. The van der Waals surface area contributed by atoms with Gasteiger partial charge in [-0.2, -0.15) is 0 Å². The molecule has 0 saturated heterocycles. The maximum absolute atomic E-state index is 6.20. The van der Waals surface area contributed by atoms with Gasteiger partial charge in [0.2, 0.25) is 0 Å². The lowest BCUT2D eigenvalue weighted by atomic mass is 9.95. The highest BCUT2D eigenvalue weighted by molar-refractivity contribution is 9.10. The minimum atomic E-state index is 0.0422. The van der Waals surface area contributed by atoms with E-state index in [2.05, 4.69) is 39.2 Å². The average Bonchev–Trinajstić information content (AvgIpc) is 2.91. The largest absolute Gasteiger partial charge is 0.484 e. The minimum Gasteiger partial charge on any atom is -0.484 e. The molecule has 2 aromatic rings. The second-order valence-electron chi connectivity index (χ2n) is 5.46. The zero-order valence-electron chi connectivity index (χ0n) is 12.3. The first-order valence-corrected chi connectivity index (χ1v) is 8.14. The lowest BCUT2D eigenvalue weighted by molar-refractivity contribution is 0.144. The predicted molar refractivity (Wildman–Crippen MR) is 86.4 cm³/mol. The molecular weight excluding hydrogens is 330 g/mol. The smallest absolute Gasteiger partial charge is 0.142 e. The van der Waals surface area contributed by atoms with Gasteiger partial charge in [0, 0.05) is 29.5 Å². The Morgan fingerprint density at radius 1 is 1.48 bits per heavy atom. The van der Waals surface area contributed by atoms with Crippen molar-refractivity contribution in [2.24, 2.45) is 7.05 Å². The van der Waals surface area contributed by atoms with Crippen molar-refractivity contribution in [1.29, 1.82) is 0 Å². The number of hydrogen-bond acceptors (Lipinski definition) is 3. The van der Waals surface area contributed by atoms with E-state index in [0.29, 0.717) is 6.04 Å².